The van der Waals surface area contributed by atoms with Crippen LogP contribution in [0.15, 0.2) is 42.5 Å². The van der Waals surface area contributed by atoms with Crippen LogP contribution in [0.1, 0.15) is 15.9 Å². The van der Waals surface area contributed by atoms with Gasteiger partial charge in [-0.3, -0.25) is 9.00 Å². The van der Waals surface area contributed by atoms with Gasteiger partial charge in [0, 0.05) is 16.6 Å². The second-order valence-electron chi connectivity index (χ2n) is 4.88. The third-order valence-corrected chi connectivity index (χ3v) is 5.08. The summed E-state index contributed by atoms with van der Waals surface area (Å²) in [5.74, 6) is -1.68. The molecule has 0 aliphatic rings. The lowest BCUT2D eigenvalue weighted by Crippen LogP contribution is -2.20. The maximum atomic E-state index is 12.1. The normalized spacial score (nSPS) is 11.8. The number of rotatable bonds is 6. The topological polar surface area (TPSA) is 83.5 Å². The molecule has 8 heteroatoms. The van der Waals surface area contributed by atoms with Gasteiger partial charge in [-0.2, -0.15) is 0 Å². The first kappa shape index (κ1) is 18.4. The molecule has 1 amide bonds. The Morgan fingerprint density at radius 2 is 1.83 bits per heavy atom. The maximum absolute atomic E-state index is 12.1. The summed E-state index contributed by atoms with van der Waals surface area (Å²) in [6.45, 7) is 0. The van der Waals surface area contributed by atoms with Gasteiger partial charge in [-0.25, -0.2) is 4.79 Å². The number of carbonyl (C=O) groups is 2. The summed E-state index contributed by atoms with van der Waals surface area (Å²) in [6, 6.07) is 10.9. The number of carboxylic acid groups (broad SMARTS) is 1. The molecule has 0 aromatic heterocycles. The van der Waals surface area contributed by atoms with Gasteiger partial charge in [-0.05, 0) is 29.8 Å². The van der Waals surface area contributed by atoms with E-state index in [4.69, 9.17) is 28.3 Å². The molecule has 0 heterocycles. The molecule has 0 fully saturated rings. The highest BCUT2D eigenvalue weighted by Gasteiger charge is 2.13. The van der Waals surface area contributed by atoms with Crippen LogP contribution in [0.3, 0.4) is 0 Å². The van der Waals surface area contributed by atoms with E-state index in [1.807, 2.05) is 0 Å². The van der Waals surface area contributed by atoms with Gasteiger partial charge >= 0.3 is 5.97 Å². The van der Waals surface area contributed by atoms with Crippen LogP contribution in [-0.2, 0) is 21.3 Å². The van der Waals surface area contributed by atoms with Crippen LogP contribution in [0.25, 0.3) is 0 Å². The van der Waals surface area contributed by atoms with Crippen molar-refractivity contribution in [2.45, 2.75) is 5.75 Å². The fourth-order valence-electron chi connectivity index (χ4n) is 1.96. The quantitative estimate of drug-likeness (QED) is 0.795. The third kappa shape index (κ3) is 5.06. The van der Waals surface area contributed by atoms with Crippen LogP contribution < -0.4 is 5.32 Å². The Morgan fingerprint density at radius 1 is 1.12 bits per heavy atom. The lowest BCUT2D eigenvalue weighted by Gasteiger charge is -2.08. The van der Waals surface area contributed by atoms with E-state index in [2.05, 4.69) is 5.32 Å². The van der Waals surface area contributed by atoms with Crippen LogP contribution in [0, 0.1) is 0 Å². The predicted molar refractivity (Wildman–Crippen MR) is 95.2 cm³/mol. The number of hydrogen-bond donors (Lipinski definition) is 2. The Morgan fingerprint density at radius 3 is 2.54 bits per heavy atom. The van der Waals surface area contributed by atoms with E-state index in [1.54, 1.807) is 30.3 Å². The zero-order valence-corrected chi connectivity index (χ0v) is 14.6. The van der Waals surface area contributed by atoms with Crippen molar-refractivity contribution in [1.82, 2.24) is 0 Å². The Labute approximate surface area is 151 Å². The second kappa shape index (κ2) is 8.28. The molecule has 24 heavy (non-hydrogen) atoms. The minimum atomic E-state index is -1.49. The Balaban J connectivity index is 1.97. The summed E-state index contributed by atoms with van der Waals surface area (Å²) in [4.78, 5) is 22.9. The molecule has 2 N–H and O–H groups in total. The highest BCUT2D eigenvalue weighted by molar-refractivity contribution is 7.84. The van der Waals surface area contributed by atoms with Crippen LogP contribution >= 0.6 is 23.2 Å². The number of amides is 1. The van der Waals surface area contributed by atoms with E-state index >= 15 is 0 Å². The van der Waals surface area contributed by atoms with Crippen molar-refractivity contribution in [3.63, 3.8) is 0 Å². The van der Waals surface area contributed by atoms with Crippen LogP contribution in [0.4, 0.5) is 5.69 Å². The van der Waals surface area contributed by atoms with Gasteiger partial charge in [0.15, 0.2) is 0 Å². The first-order valence-corrected chi connectivity index (χ1v) is 9.02. The van der Waals surface area contributed by atoms with E-state index in [1.165, 1.54) is 12.1 Å². The van der Waals surface area contributed by atoms with Crippen molar-refractivity contribution >= 4 is 51.6 Å². The zero-order valence-electron chi connectivity index (χ0n) is 12.3. The fraction of sp³-hybridized carbons (Fsp3) is 0.125. The summed E-state index contributed by atoms with van der Waals surface area (Å²) in [5.41, 5.74) is 1.04. The molecule has 0 aliphatic carbocycles. The Hall–Kier alpha value is -1.89. The summed E-state index contributed by atoms with van der Waals surface area (Å²) in [5, 5.41) is 12.0. The van der Waals surface area contributed by atoms with E-state index in [-0.39, 0.29) is 22.1 Å². The number of benzene rings is 2. The Kier molecular flexibility index (Phi) is 6.36. The smallest absolute Gasteiger partial charge is 0.335 e. The molecule has 1 unspecified atom stereocenters. The molecule has 0 spiro atoms. The molecule has 2 rings (SSSR count). The first-order chi connectivity index (χ1) is 11.4. The number of hydrogen-bond acceptors (Lipinski definition) is 3. The molecule has 5 nitrogen and oxygen atoms in total. The highest BCUT2D eigenvalue weighted by atomic mass is 35.5. The average Bonchev–Trinajstić information content (AvgIpc) is 2.51. The summed E-state index contributed by atoms with van der Waals surface area (Å²) < 4.78 is 12.1. The Bertz CT molecular complexity index is 810. The lowest BCUT2D eigenvalue weighted by molar-refractivity contribution is -0.113. The van der Waals surface area contributed by atoms with E-state index in [9.17, 15) is 13.8 Å². The summed E-state index contributed by atoms with van der Waals surface area (Å²) in [7, 11) is -1.49. The van der Waals surface area contributed by atoms with E-state index in [0.29, 0.717) is 16.3 Å². The minimum Gasteiger partial charge on any atom is -0.478 e. The minimum absolute atomic E-state index is 0.0812. The van der Waals surface area contributed by atoms with Crippen molar-refractivity contribution in [1.29, 1.82) is 0 Å². The number of anilines is 1. The van der Waals surface area contributed by atoms with Gasteiger partial charge in [0.2, 0.25) is 5.91 Å². The average molecular weight is 386 g/mol. The number of aromatic carboxylic acids is 1. The highest BCUT2D eigenvalue weighted by Crippen LogP contribution is 2.29. The number of carbonyl (C=O) groups excluding carboxylic acids is 1. The van der Waals surface area contributed by atoms with Crippen molar-refractivity contribution in [3.05, 3.63) is 63.6 Å². The maximum Gasteiger partial charge on any atom is 0.335 e. The van der Waals surface area contributed by atoms with Gasteiger partial charge in [0.25, 0.3) is 0 Å². The van der Waals surface area contributed by atoms with Crippen molar-refractivity contribution in [2.75, 3.05) is 11.1 Å². The SMILES string of the molecule is O=C(CS(=O)Cc1cccc(C(=O)O)c1)Nc1cccc(Cl)c1Cl. The van der Waals surface area contributed by atoms with Crippen LogP contribution in [0.2, 0.25) is 10.0 Å². The molecule has 0 aliphatic heterocycles. The number of nitrogens with one attached hydrogen (secondary N) is 1. The first-order valence-electron chi connectivity index (χ1n) is 6.78. The number of halogens is 2. The molecule has 0 radical (unpaired) electrons. The number of carboxylic acids is 1. The van der Waals surface area contributed by atoms with Crippen molar-refractivity contribution in [3.8, 4) is 0 Å². The fourth-order valence-corrected chi connectivity index (χ4v) is 3.33. The molecule has 0 saturated carbocycles. The summed E-state index contributed by atoms with van der Waals surface area (Å²) in [6.07, 6.45) is 0. The third-order valence-electron chi connectivity index (χ3n) is 3.02. The molecule has 1 atom stereocenters. The largest absolute Gasteiger partial charge is 0.478 e. The van der Waals surface area contributed by atoms with Gasteiger partial charge in [0.1, 0.15) is 5.75 Å². The van der Waals surface area contributed by atoms with Crippen LogP contribution in [-0.4, -0.2) is 26.9 Å². The summed E-state index contributed by atoms with van der Waals surface area (Å²) >= 11 is 11.8. The van der Waals surface area contributed by atoms with Gasteiger partial charge in [-0.15, -0.1) is 0 Å². The molecule has 2 aromatic carbocycles. The van der Waals surface area contributed by atoms with E-state index in [0.717, 1.165) is 0 Å². The second-order valence-corrected chi connectivity index (χ2v) is 7.13. The van der Waals surface area contributed by atoms with Gasteiger partial charge in [-0.1, -0.05) is 41.4 Å². The van der Waals surface area contributed by atoms with Gasteiger partial charge < -0.3 is 10.4 Å². The van der Waals surface area contributed by atoms with Gasteiger partial charge in [0.05, 0.1) is 21.3 Å². The lowest BCUT2D eigenvalue weighted by atomic mass is 10.1. The van der Waals surface area contributed by atoms with Crippen molar-refractivity contribution in [2.24, 2.45) is 0 Å². The molecule has 0 bridgehead atoms. The molecular formula is C16H13Cl2NO4S. The monoisotopic (exact) mass is 385 g/mol. The molecule has 2 aromatic rings. The molecule has 0 saturated heterocycles. The van der Waals surface area contributed by atoms with Crippen molar-refractivity contribution < 1.29 is 18.9 Å². The molecule has 126 valence electrons. The van der Waals surface area contributed by atoms with Crippen LogP contribution in [0.5, 0.6) is 0 Å². The standard InChI is InChI=1S/C16H13Cl2NO4S/c17-12-5-2-6-13(15(12)18)19-14(20)9-24(23)8-10-3-1-4-11(7-10)16(21)22/h1-7H,8-9H2,(H,19,20)(H,21,22). The zero-order chi connectivity index (χ0) is 17.7. The predicted octanol–water partition coefficient (Wildman–Crippen LogP) is 3.58. The van der Waals surface area contributed by atoms with E-state index < -0.39 is 22.7 Å². The molecular weight excluding hydrogens is 373 g/mol.